The van der Waals surface area contributed by atoms with E-state index >= 15 is 0 Å². The lowest BCUT2D eigenvalue weighted by molar-refractivity contribution is 0.475. The Bertz CT molecular complexity index is 774. The zero-order valence-corrected chi connectivity index (χ0v) is 12.7. The van der Waals surface area contributed by atoms with Crippen LogP contribution in [0.1, 0.15) is 28.5 Å². The second-order valence-corrected chi connectivity index (χ2v) is 5.67. The second kappa shape index (κ2) is 5.53. The molecule has 4 heteroatoms. The molecule has 3 nitrogen and oxygen atoms in total. The molecule has 1 heterocycles. The van der Waals surface area contributed by atoms with E-state index in [2.05, 4.69) is 31.4 Å². The van der Waals surface area contributed by atoms with Gasteiger partial charge in [-0.2, -0.15) is 0 Å². The molecule has 1 unspecified atom stereocenters. The summed E-state index contributed by atoms with van der Waals surface area (Å²) < 4.78 is 5.94. The fourth-order valence-electron chi connectivity index (χ4n) is 2.77. The average molecular weight is 301 g/mol. The molecule has 0 amide bonds. The molecule has 0 fully saturated rings. The standard InChI is InChI=1S/C17H17ClN2O/c1-10-4-3-5-11(2)16(10)17(20-19)15-9-12-8-13(18)6-7-14(12)21-15/h3-9,17,20H,19H2,1-2H3. The first kappa shape index (κ1) is 14.1. The summed E-state index contributed by atoms with van der Waals surface area (Å²) in [5.74, 6) is 6.57. The van der Waals surface area contributed by atoms with Crippen molar-refractivity contribution < 1.29 is 4.42 Å². The zero-order valence-electron chi connectivity index (χ0n) is 12.0. The molecule has 3 aromatic rings. The van der Waals surface area contributed by atoms with Crippen molar-refractivity contribution in [2.24, 2.45) is 5.84 Å². The molecule has 0 aliphatic heterocycles. The van der Waals surface area contributed by atoms with Gasteiger partial charge in [0.15, 0.2) is 0 Å². The Hall–Kier alpha value is -1.81. The molecule has 0 saturated carbocycles. The van der Waals surface area contributed by atoms with Gasteiger partial charge in [0.2, 0.25) is 0 Å². The summed E-state index contributed by atoms with van der Waals surface area (Å²) in [6, 6.07) is 13.6. The van der Waals surface area contributed by atoms with Crippen LogP contribution in [0.15, 0.2) is 46.9 Å². The van der Waals surface area contributed by atoms with Crippen molar-refractivity contribution in [3.05, 3.63) is 69.9 Å². The van der Waals surface area contributed by atoms with Crippen LogP contribution < -0.4 is 11.3 Å². The quantitative estimate of drug-likeness (QED) is 0.561. The molecule has 1 atom stereocenters. The third kappa shape index (κ3) is 2.56. The molecule has 0 radical (unpaired) electrons. The van der Waals surface area contributed by atoms with Crippen LogP contribution >= 0.6 is 11.6 Å². The summed E-state index contributed by atoms with van der Waals surface area (Å²) in [5, 5.41) is 1.67. The third-order valence-corrected chi connectivity index (χ3v) is 4.01. The molecule has 3 N–H and O–H groups in total. The number of nitrogens with two attached hydrogens (primary N) is 1. The van der Waals surface area contributed by atoms with E-state index in [-0.39, 0.29) is 6.04 Å². The van der Waals surface area contributed by atoms with Crippen LogP contribution in [0.25, 0.3) is 11.0 Å². The van der Waals surface area contributed by atoms with Crippen molar-refractivity contribution in [2.75, 3.05) is 0 Å². The van der Waals surface area contributed by atoms with Gasteiger partial charge in [0, 0.05) is 10.4 Å². The number of fused-ring (bicyclic) bond motifs is 1. The Labute approximate surface area is 128 Å². The summed E-state index contributed by atoms with van der Waals surface area (Å²) in [7, 11) is 0. The molecule has 21 heavy (non-hydrogen) atoms. The van der Waals surface area contributed by atoms with Crippen molar-refractivity contribution in [1.82, 2.24) is 5.43 Å². The summed E-state index contributed by atoms with van der Waals surface area (Å²) in [6.07, 6.45) is 0. The summed E-state index contributed by atoms with van der Waals surface area (Å²) in [4.78, 5) is 0. The summed E-state index contributed by atoms with van der Waals surface area (Å²) >= 11 is 6.03. The van der Waals surface area contributed by atoms with Crippen molar-refractivity contribution in [2.45, 2.75) is 19.9 Å². The maximum absolute atomic E-state index is 6.03. The van der Waals surface area contributed by atoms with E-state index in [0.29, 0.717) is 5.02 Å². The Kier molecular flexibility index (Phi) is 3.72. The lowest BCUT2D eigenvalue weighted by Crippen LogP contribution is -2.29. The zero-order chi connectivity index (χ0) is 15.0. The lowest BCUT2D eigenvalue weighted by atomic mass is 9.95. The van der Waals surface area contributed by atoms with Crippen LogP contribution in [0.3, 0.4) is 0 Å². The van der Waals surface area contributed by atoms with E-state index in [1.165, 1.54) is 11.1 Å². The largest absolute Gasteiger partial charge is 0.459 e. The highest BCUT2D eigenvalue weighted by Crippen LogP contribution is 2.32. The van der Waals surface area contributed by atoms with Crippen LogP contribution in [0.2, 0.25) is 5.02 Å². The van der Waals surface area contributed by atoms with Crippen LogP contribution in [0, 0.1) is 13.8 Å². The number of hydrogen-bond acceptors (Lipinski definition) is 3. The number of furan rings is 1. The molecule has 108 valence electrons. The van der Waals surface area contributed by atoms with Gasteiger partial charge in [-0.25, -0.2) is 5.43 Å². The van der Waals surface area contributed by atoms with Crippen LogP contribution in [0.4, 0.5) is 0 Å². The fraction of sp³-hybridized carbons (Fsp3) is 0.176. The highest BCUT2D eigenvalue weighted by Gasteiger charge is 2.20. The van der Waals surface area contributed by atoms with Gasteiger partial charge in [0.05, 0.1) is 0 Å². The topological polar surface area (TPSA) is 51.2 Å². The van der Waals surface area contributed by atoms with E-state index in [4.69, 9.17) is 21.9 Å². The first-order chi connectivity index (χ1) is 10.1. The minimum Gasteiger partial charge on any atom is -0.459 e. The number of halogens is 1. The van der Waals surface area contributed by atoms with Crippen molar-refractivity contribution in [3.8, 4) is 0 Å². The van der Waals surface area contributed by atoms with E-state index in [1.807, 2.05) is 30.3 Å². The summed E-state index contributed by atoms with van der Waals surface area (Å²) in [6.45, 7) is 4.15. The molecule has 1 aromatic heterocycles. The van der Waals surface area contributed by atoms with Gasteiger partial charge in [-0.15, -0.1) is 0 Å². The first-order valence-electron chi connectivity index (χ1n) is 6.81. The second-order valence-electron chi connectivity index (χ2n) is 5.24. The molecular formula is C17H17ClN2O. The monoisotopic (exact) mass is 300 g/mol. The Balaban J connectivity index is 2.14. The SMILES string of the molecule is Cc1cccc(C)c1C(NN)c1cc2cc(Cl)ccc2o1. The smallest absolute Gasteiger partial charge is 0.134 e. The highest BCUT2D eigenvalue weighted by molar-refractivity contribution is 6.31. The van der Waals surface area contributed by atoms with E-state index < -0.39 is 0 Å². The molecule has 2 aromatic carbocycles. The Morgan fingerprint density at radius 1 is 1.10 bits per heavy atom. The predicted molar refractivity (Wildman–Crippen MR) is 86.3 cm³/mol. The molecule has 0 aliphatic rings. The third-order valence-electron chi connectivity index (χ3n) is 3.78. The minimum atomic E-state index is -0.183. The molecule has 0 saturated heterocycles. The van der Waals surface area contributed by atoms with Crippen LogP contribution in [0.5, 0.6) is 0 Å². The number of benzene rings is 2. The van der Waals surface area contributed by atoms with Crippen LogP contribution in [-0.2, 0) is 0 Å². The Morgan fingerprint density at radius 3 is 2.48 bits per heavy atom. The van der Waals surface area contributed by atoms with Gasteiger partial charge in [0.25, 0.3) is 0 Å². The minimum absolute atomic E-state index is 0.183. The molecule has 0 bridgehead atoms. The maximum atomic E-state index is 6.03. The molecular weight excluding hydrogens is 284 g/mol. The van der Waals surface area contributed by atoms with E-state index in [9.17, 15) is 0 Å². The first-order valence-corrected chi connectivity index (χ1v) is 7.19. The number of hydrazine groups is 1. The normalized spacial score (nSPS) is 12.8. The van der Waals surface area contributed by atoms with Crippen molar-refractivity contribution in [1.29, 1.82) is 0 Å². The van der Waals surface area contributed by atoms with E-state index in [0.717, 1.165) is 22.3 Å². The number of aryl methyl sites for hydroxylation is 2. The van der Waals surface area contributed by atoms with Gasteiger partial charge in [-0.3, -0.25) is 5.84 Å². The maximum Gasteiger partial charge on any atom is 0.134 e. The van der Waals surface area contributed by atoms with E-state index in [1.54, 1.807) is 0 Å². The average Bonchev–Trinajstić information content (AvgIpc) is 2.85. The van der Waals surface area contributed by atoms with Gasteiger partial charge in [-0.05, 0) is 54.8 Å². The summed E-state index contributed by atoms with van der Waals surface area (Å²) in [5.41, 5.74) is 7.17. The highest BCUT2D eigenvalue weighted by atomic mass is 35.5. The van der Waals surface area contributed by atoms with Gasteiger partial charge in [0.1, 0.15) is 17.4 Å². The molecule has 0 spiro atoms. The predicted octanol–water partition coefficient (Wildman–Crippen LogP) is 4.26. The number of rotatable bonds is 3. The van der Waals surface area contributed by atoms with Gasteiger partial charge >= 0.3 is 0 Å². The number of nitrogens with one attached hydrogen (secondary N) is 1. The lowest BCUT2D eigenvalue weighted by Gasteiger charge is -2.18. The van der Waals surface area contributed by atoms with Gasteiger partial charge < -0.3 is 4.42 Å². The van der Waals surface area contributed by atoms with Gasteiger partial charge in [-0.1, -0.05) is 29.8 Å². The molecule has 3 rings (SSSR count). The molecule has 0 aliphatic carbocycles. The Morgan fingerprint density at radius 2 is 1.81 bits per heavy atom. The van der Waals surface area contributed by atoms with Crippen LogP contribution in [-0.4, -0.2) is 0 Å². The van der Waals surface area contributed by atoms with Crippen molar-refractivity contribution in [3.63, 3.8) is 0 Å². The van der Waals surface area contributed by atoms with Crippen molar-refractivity contribution >= 4 is 22.6 Å². The fourth-order valence-corrected chi connectivity index (χ4v) is 2.95. The number of hydrogen-bond donors (Lipinski definition) is 2.